The van der Waals surface area contributed by atoms with E-state index in [1.54, 1.807) is 0 Å². The number of hydrogen-bond donors (Lipinski definition) is 3. The van der Waals surface area contributed by atoms with Crippen molar-refractivity contribution in [1.82, 2.24) is 19.7 Å². The number of rotatable bonds is 4. The summed E-state index contributed by atoms with van der Waals surface area (Å²) in [7, 11) is 1.20. The number of nitrogens with zero attached hydrogens (tertiary/aromatic N) is 3. The number of nitrogens with one attached hydrogen (secondary N) is 1. The number of halogens is 4. The summed E-state index contributed by atoms with van der Waals surface area (Å²) in [5.41, 5.74) is -3.12. The van der Waals surface area contributed by atoms with Crippen molar-refractivity contribution in [2.45, 2.75) is 6.18 Å². The first kappa shape index (κ1) is 21.2. The number of carboxylic acid groups (broad SMARTS) is 1. The maximum absolute atomic E-state index is 13.0. The van der Waals surface area contributed by atoms with E-state index in [2.05, 4.69) is 5.10 Å². The molecule has 0 bridgehead atoms. The molecule has 3 N–H and O–H groups in total. The third kappa shape index (κ3) is 3.68. The number of amides is 1. The Hall–Kier alpha value is -3.54. The van der Waals surface area contributed by atoms with Gasteiger partial charge in [-0.2, -0.15) is 22.9 Å². The Morgan fingerprint density at radius 3 is 2.53 bits per heavy atom. The highest BCUT2D eigenvalue weighted by Crippen LogP contribution is 2.36. The van der Waals surface area contributed by atoms with Crippen molar-refractivity contribution in [3.8, 4) is 17.0 Å². The van der Waals surface area contributed by atoms with Gasteiger partial charge in [-0.25, -0.2) is 4.68 Å². The normalized spacial score (nSPS) is 11.6. The Bertz CT molecular complexity index is 1250. The number of alkyl halides is 3. The summed E-state index contributed by atoms with van der Waals surface area (Å²) in [4.78, 5) is 35.2. The van der Waals surface area contributed by atoms with Crippen molar-refractivity contribution in [2.75, 3.05) is 6.54 Å². The fraction of sp³-hybridized carbons (Fsp3) is 0.176. The molecule has 0 fully saturated rings. The van der Waals surface area contributed by atoms with Crippen LogP contribution in [-0.4, -0.2) is 43.0 Å². The molecule has 3 aromatic rings. The molecule has 0 atom stereocenters. The monoisotopic (exact) mass is 444 g/mol. The second-order valence-corrected chi connectivity index (χ2v) is 6.53. The lowest BCUT2D eigenvalue weighted by atomic mass is 10.1. The molecule has 30 heavy (non-hydrogen) atoms. The van der Waals surface area contributed by atoms with Gasteiger partial charge in [-0.05, 0) is 24.3 Å². The molecule has 2 aromatic heterocycles. The van der Waals surface area contributed by atoms with E-state index in [0.717, 1.165) is 33.6 Å². The summed E-state index contributed by atoms with van der Waals surface area (Å²) in [6, 6.07) is 3.73. The molecule has 13 heteroatoms. The second-order valence-electron chi connectivity index (χ2n) is 6.13. The molecule has 0 aliphatic carbocycles. The topological polar surface area (TPSA) is 126 Å². The van der Waals surface area contributed by atoms with Gasteiger partial charge in [-0.3, -0.25) is 14.4 Å². The molecule has 9 nitrogen and oxygen atoms in total. The molecule has 0 saturated carbocycles. The third-order valence-corrected chi connectivity index (χ3v) is 4.49. The lowest BCUT2D eigenvalue weighted by Crippen LogP contribution is -2.36. The lowest BCUT2D eigenvalue weighted by molar-refractivity contribution is -0.137. The number of carboxylic acids is 1. The van der Waals surface area contributed by atoms with Crippen LogP contribution in [0, 0.1) is 0 Å². The van der Waals surface area contributed by atoms with Crippen molar-refractivity contribution in [1.29, 1.82) is 0 Å². The van der Waals surface area contributed by atoms with Gasteiger partial charge in [0.05, 0.1) is 16.3 Å². The molecule has 0 unspecified atom stereocenters. The molecule has 1 amide bonds. The summed E-state index contributed by atoms with van der Waals surface area (Å²) in [6.07, 6.45) is -4.64. The Morgan fingerprint density at radius 1 is 1.27 bits per heavy atom. The molecule has 0 aliphatic heterocycles. The molecule has 1 aromatic carbocycles. The smallest absolute Gasteiger partial charge is 0.416 e. The van der Waals surface area contributed by atoms with E-state index in [0.29, 0.717) is 0 Å². The van der Waals surface area contributed by atoms with Gasteiger partial charge in [0.2, 0.25) is 0 Å². The minimum atomic E-state index is -4.64. The van der Waals surface area contributed by atoms with Gasteiger partial charge in [0.1, 0.15) is 12.1 Å². The van der Waals surface area contributed by atoms with Crippen molar-refractivity contribution in [2.24, 2.45) is 7.05 Å². The number of carbonyl (C=O) groups excluding carboxylic acids is 1. The Labute approximate surface area is 169 Å². The summed E-state index contributed by atoms with van der Waals surface area (Å²) < 4.78 is 40.8. The minimum absolute atomic E-state index is 0.0599. The van der Waals surface area contributed by atoms with Crippen LogP contribution < -0.4 is 10.9 Å². The van der Waals surface area contributed by atoms with Crippen molar-refractivity contribution in [3.63, 3.8) is 0 Å². The van der Waals surface area contributed by atoms with Crippen LogP contribution in [0.2, 0.25) is 5.02 Å². The first-order chi connectivity index (χ1) is 13.9. The maximum atomic E-state index is 13.0. The number of hydrogen-bond acceptors (Lipinski definition) is 5. The third-order valence-electron chi connectivity index (χ3n) is 4.16. The predicted octanol–water partition coefficient (Wildman–Crippen LogP) is 1.89. The van der Waals surface area contributed by atoms with Gasteiger partial charge in [0, 0.05) is 12.6 Å². The average molecular weight is 445 g/mol. The van der Waals surface area contributed by atoms with E-state index in [9.17, 15) is 32.7 Å². The summed E-state index contributed by atoms with van der Waals surface area (Å²) >= 11 is 6.00. The Balaban J connectivity index is 2.20. The lowest BCUT2D eigenvalue weighted by Gasteiger charge is -2.09. The van der Waals surface area contributed by atoms with E-state index in [4.69, 9.17) is 16.7 Å². The molecule has 0 radical (unpaired) electrons. The number of benzene rings is 1. The van der Waals surface area contributed by atoms with Gasteiger partial charge in [0.25, 0.3) is 11.5 Å². The minimum Gasteiger partial charge on any atom is -0.505 e. The van der Waals surface area contributed by atoms with Crippen LogP contribution in [0.5, 0.6) is 5.75 Å². The number of aromatic hydroxyl groups is 1. The molecule has 0 spiro atoms. The standard InChI is InChI=1S/C17H12ClF3N4O5/c1-24-16(30)13(15(29)22-6-12(26)27)14(28)11-5-10(23-25(11)24)8-4-7(17(19,20)21)2-3-9(8)18/h2-5,28H,6H2,1H3,(H,22,29)(H,26,27). The van der Waals surface area contributed by atoms with E-state index in [1.807, 2.05) is 5.32 Å². The zero-order valence-corrected chi connectivity index (χ0v) is 15.7. The van der Waals surface area contributed by atoms with Crippen LogP contribution in [0.4, 0.5) is 13.2 Å². The van der Waals surface area contributed by atoms with Crippen LogP contribution in [0.3, 0.4) is 0 Å². The number of fused-ring (bicyclic) bond motifs is 1. The zero-order chi connectivity index (χ0) is 22.4. The van der Waals surface area contributed by atoms with Crippen LogP contribution in [0.25, 0.3) is 16.8 Å². The Kier molecular flexibility index (Phi) is 5.20. The van der Waals surface area contributed by atoms with E-state index in [-0.39, 0.29) is 21.8 Å². The molecular formula is C17H12ClF3N4O5. The van der Waals surface area contributed by atoms with Crippen LogP contribution in [0.15, 0.2) is 29.1 Å². The number of aromatic nitrogens is 3. The highest BCUT2D eigenvalue weighted by atomic mass is 35.5. The largest absolute Gasteiger partial charge is 0.505 e. The van der Waals surface area contributed by atoms with Gasteiger partial charge >= 0.3 is 12.1 Å². The summed E-state index contributed by atoms with van der Waals surface area (Å²) in [5, 5.41) is 25.0. The van der Waals surface area contributed by atoms with Crippen molar-refractivity contribution >= 4 is 29.0 Å². The molecule has 0 saturated heterocycles. The second kappa shape index (κ2) is 7.37. The van der Waals surface area contributed by atoms with Gasteiger partial charge in [-0.15, -0.1) is 0 Å². The fourth-order valence-electron chi connectivity index (χ4n) is 2.72. The number of carbonyl (C=O) groups is 2. The summed E-state index contributed by atoms with van der Waals surface area (Å²) in [5.74, 6) is -3.33. The molecule has 158 valence electrons. The van der Waals surface area contributed by atoms with Gasteiger partial charge in [0.15, 0.2) is 11.3 Å². The van der Waals surface area contributed by atoms with E-state index in [1.165, 1.54) is 7.05 Å². The van der Waals surface area contributed by atoms with Crippen LogP contribution in [-0.2, 0) is 18.0 Å². The quantitative estimate of drug-likeness (QED) is 0.564. The summed E-state index contributed by atoms with van der Waals surface area (Å²) in [6.45, 7) is -0.795. The van der Waals surface area contributed by atoms with E-state index >= 15 is 0 Å². The highest BCUT2D eigenvalue weighted by Gasteiger charge is 2.31. The van der Waals surface area contributed by atoms with Gasteiger partial charge in [-0.1, -0.05) is 11.6 Å². The van der Waals surface area contributed by atoms with Gasteiger partial charge < -0.3 is 15.5 Å². The predicted molar refractivity (Wildman–Crippen MR) is 97.5 cm³/mol. The SMILES string of the molecule is Cn1c(=O)c(C(=O)NCC(=O)O)c(O)c2cc(-c3cc(C(F)(F)F)ccc3Cl)nn21. The first-order valence-corrected chi connectivity index (χ1v) is 8.48. The van der Waals surface area contributed by atoms with E-state index < -0.39 is 47.0 Å². The number of aryl methyl sites for hydroxylation is 1. The van der Waals surface area contributed by atoms with Crippen molar-refractivity contribution in [3.05, 3.63) is 50.8 Å². The molecule has 0 aliphatic rings. The fourth-order valence-corrected chi connectivity index (χ4v) is 2.93. The Morgan fingerprint density at radius 2 is 1.93 bits per heavy atom. The van der Waals surface area contributed by atoms with Crippen LogP contribution in [0.1, 0.15) is 15.9 Å². The maximum Gasteiger partial charge on any atom is 0.416 e. The molecule has 3 rings (SSSR count). The molecular weight excluding hydrogens is 433 g/mol. The molecule has 2 heterocycles. The van der Waals surface area contributed by atoms with Crippen molar-refractivity contribution < 1.29 is 33.0 Å². The first-order valence-electron chi connectivity index (χ1n) is 8.11. The average Bonchev–Trinajstić information content (AvgIpc) is 3.10. The number of aliphatic carboxylic acids is 1. The highest BCUT2D eigenvalue weighted by molar-refractivity contribution is 6.33. The zero-order valence-electron chi connectivity index (χ0n) is 15.0. The van der Waals surface area contributed by atoms with Crippen LogP contribution >= 0.6 is 11.6 Å².